The van der Waals surface area contributed by atoms with Gasteiger partial charge in [0.15, 0.2) is 0 Å². The predicted molar refractivity (Wildman–Crippen MR) is 81.5 cm³/mol. The summed E-state index contributed by atoms with van der Waals surface area (Å²) in [6.45, 7) is 1.91. The van der Waals surface area contributed by atoms with Gasteiger partial charge in [0.25, 0.3) is 5.91 Å². The van der Waals surface area contributed by atoms with Crippen molar-refractivity contribution in [1.82, 2.24) is 0 Å². The molecule has 0 aliphatic heterocycles. The molecule has 1 amide bonds. The number of ether oxygens (including phenoxy) is 1. The van der Waals surface area contributed by atoms with Crippen molar-refractivity contribution in [2.75, 3.05) is 18.2 Å². The van der Waals surface area contributed by atoms with E-state index in [1.807, 2.05) is 13.0 Å². The molecule has 4 nitrogen and oxygen atoms in total. The molecular weight excluding hydrogens is 276 g/mol. The van der Waals surface area contributed by atoms with Gasteiger partial charge >= 0.3 is 0 Å². The highest BCUT2D eigenvalue weighted by atomic mass is 35.5. The van der Waals surface area contributed by atoms with Crippen LogP contribution in [0.1, 0.15) is 15.9 Å². The summed E-state index contributed by atoms with van der Waals surface area (Å²) < 4.78 is 5.18. The van der Waals surface area contributed by atoms with E-state index in [-0.39, 0.29) is 5.91 Å². The predicted octanol–water partition coefficient (Wildman–Crippen LogP) is 3.49. The van der Waals surface area contributed by atoms with Crippen molar-refractivity contribution in [3.63, 3.8) is 0 Å². The van der Waals surface area contributed by atoms with Crippen LogP contribution in [0.4, 0.5) is 11.4 Å². The lowest BCUT2D eigenvalue weighted by molar-refractivity contribution is 0.102. The number of nitrogens with one attached hydrogen (secondary N) is 1. The van der Waals surface area contributed by atoms with Crippen LogP contribution in [0.15, 0.2) is 36.4 Å². The van der Waals surface area contributed by atoms with Gasteiger partial charge in [0.05, 0.1) is 23.4 Å². The van der Waals surface area contributed by atoms with E-state index in [1.54, 1.807) is 30.3 Å². The molecule has 0 heterocycles. The molecule has 20 heavy (non-hydrogen) atoms. The minimum absolute atomic E-state index is 0.293. The van der Waals surface area contributed by atoms with Crippen LogP contribution in [0.25, 0.3) is 0 Å². The van der Waals surface area contributed by atoms with Crippen molar-refractivity contribution >= 4 is 28.9 Å². The first-order valence-electron chi connectivity index (χ1n) is 6.02. The van der Waals surface area contributed by atoms with Crippen LogP contribution in [-0.2, 0) is 0 Å². The Bertz CT molecular complexity index is 656. The van der Waals surface area contributed by atoms with Crippen LogP contribution in [0.2, 0.25) is 5.02 Å². The zero-order valence-electron chi connectivity index (χ0n) is 11.2. The van der Waals surface area contributed by atoms with Gasteiger partial charge in [-0.05, 0) is 36.8 Å². The highest BCUT2D eigenvalue weighted by molar-refractivity contribution is 6.34. The molecule has 0 unspecified atom stereocenters. The number of aryl methyl sites for hydroxylation is 1. The van der Waals surface area contributed by atoms with E-state index in [9.17, 15) is 4.79 Å². The lowest BCUT2D eigenvalue weighted by atomic mass is 10.1. The van der Waals surface area contributed by atoms with E-state index in [4.69, 9.17) is 22.1 Å². The number of nitrogens with two attached hydrogens (primary N) is 1. The third-order valence-electron chi connectivity index (χ3n) is 2.84. The maximum absolute atomic E-state index is 12.2. The lowest BCUT2D eigenvalue weighted by Gasteiger charge is -2.11. The minimum Gasteiger partial charge on any atom is -0.494 e. The lowest BCUT2D eigenvalue weighted by Crippen LogP contribution is -2.13. The summed E-state index contributed by atoms with van der Waals surface area (Å²) in [7, 11) is 1.52. The Labute approximate surface area is 122 Å². The number of carbonyl (C=O) groups excluding carboxylic acids is 1. The highest BCUT2D eigenvalue weighted by Crippen LogP contribution is 2.28. The number of anilines is 2. The summed E-state index contributed by atoms with van der Waals surface area (Å²) in [5.41, 5.74) is 8.19. The van der Waals surface area contributed by atoms with Gasteiger partial charge in [-0.3, -0.25) is 4.79 Å². The summed E-state index contributed by atoms with van der Waals surface area (Å²) >= 11 is 6.08. The number of methoxy groups -OCH3 is 1. The van der Waals surface area contributed by atoms with E-state index in [0.29, 0.717) is 27.7 Å². The second kappa shape index (κ2) is 5.84. The van der Waals surface area contributed by atoms with Crippen LogP contribution < -0.4 is 15.8 Å². The molecule has 0 aliphatic carbocycles. The molecule has 0 fully saturated rings. The van der Waals surface area contributed by atoms with Gasteiger partial charge in [0, 0.05) is 11.8 Å². The van der Waals surface area contributed by atoms with Gasteiger partial charge in [-0.2, -0.15) is 0 Å². The molecule has 104 valence electrons. The number of nitrogen functional groups attached to an aromatic ring is 1. The van der Waals surface area contributed by atoms with Crippen LogP contribution in [0, 0.1) is 6.92 Å². The Hall–Kier alpha value is -2.20. The first-order valence-corrected chi connectivity index (χ1v) is 6.40. The number of carbonyl (C=O) groups is 1. The van der Waals surface area contributed by atoms with Crippen LogP contribution >= 0.6 is 11.6 Å². The topological polar surface area (TPSA) is 64.3 Å². The van der Waals surface area contributed by atoms with E-state index in [1.165, 1.54) is 7.11 Å². The first kappa shape index (κ1) is 14.2. The Morgan fingerprint density at radius 2 is 2.00 bits per heavy atom. The fourth-order valence-electron chi connectivity index (χ4n) is 1.81. The third-order valence-corrected chi connectivity index (χ3v) is 3.16. The second-order valence-corrected chi connectivity index (χ2v) is 4.80. The number of hydrogen-bond donors (Lipinski definition) is 2. The van der Waals surface area contributed by atoms with Crippen LogP contribution in [0.3, 0.4) is 0 Å². The molecule has 0 atom stereocenters. The maximum atomic E-state index is 12.2. The second-order valence-electron chi connectivity index (χ2n) is 4.40. The molecule has 2 aromatic carbocycles. The Morgan fingerprint density at radius 3 is 2.65 bits per heavy atom. The average Bonchev–Trinajstić information content (AvgIpc) is 2.40. The van der Waals surface area contributed by atoms with Crippen LogP contribution in [-0.4, -0.2) is 13.0 Å². The van der Waals surface area contributed by atoms with Crippen molar-refractivity contribution in [2.24, 2.45) is 0 Å². The molecule has 0 spiro atoms. The van der Waals surface area contributed by atoms with Crippen molar-refractivity contribution in [3.8, 4) is 5.75 Å². The smallest absolute Gasteiger partial charge is 0.257 e. The summed E-state index contributed by atoms with van der Waals surface area (Å²) in [5.74, 6) is 0.208. The minimum atomic E-state index is -0.293. The van der Waals surface area contributed by atoms with Gasteiger partial charge in [-0.25, -0.2) is 0 Å². The van der Waals surface area contributed by atoms with Crippen molar-refractivity contribution in [3.05, 3.63) is 52.5 Å². The molecule has 0 radical (unpaired) electrons. The van der Waals surface area contributed by atoms with E-state index in [2.05, 4.69) is 5.32 Å². The highest BCUT2D eigenvalue weighted by Gasteiger charge is 2.13. The molecule has 2 aromatic rings. The summed E-state index contributed by atoms with van der Waals surface area (Å²) in [6.07, 6.45) is 0. The largest absolute Gasteiger partial charge is 0.494 e. The monoisotopic (exact) mass is 290 g/mol. The Morgan fingerprint density at radius 1 is 1.25 bits per heavy atom. The molecule has 0 aliphatic rings. The number of halogens is 1. The molecule has 0 saturated carbocycles. The van der Waals surface area contributed by atoms with Crippen molar-refractivity contribution in [1.29, 1.82) is 0 Å². The summed E-state index contributed by atoms with van der Waals surface area (Å²) in [4.78, 5) is 12.2. The molecule has 0 bridgehead atoms. The fourth-order valence-corrected chi connectivity index (χ4v) is 2.13. The average molecular weight is 291 g/mol. The van der Waals surface area contributed by atoms with Gasteiger partial charge < -0.3 is 15.8 Å². The molecule has 0 aromatic heterocycles. The summed E-state index contributed by atoms with van der Waals surface area (Å²) in [5, 5.41) is 3.18. The zero-order valence-corrected chi connectivity index (χ0v) is 12.0. The number of rotatable bonds is 3. The van der Waals surface area contributed by atoms with Crippen molar-refractivity contribution in [2.45, 2.75) is 6.92 Å². The quantitative estimate of drug-likeness (QED) is 0.851. The standard InChI is InChI=1S/C15H15ClN2O2/c1-9-3-5-11(12(16)7-9)15(19)18-13-6-4-10(17)8-14(13)20-2/h3-8H,17H2,1-2H3,(H,18,19). The van der Waals surface area contributed by atoms with E-state index in [0.717, 1.165) is 5.56 Å². The van der Waals surface area contributed by atoms with Gasteiger partial charge in [-0.1, -0.05) is 17.7 Å². The molecule has 5 heteroatoms. The SMILES string of the molecule is COc1cc(N)ccc1NC(=O)c1ccc(C)cc1Cl. The fraction of sp³-hybridized carbons (Fsp3) is 0.133. The van der Waals surface area contributed by atoms with E-state index >= 15 is 0 Å². The number of benzene rings is 2. The maximum Gasteiger partial charge on any atom is 0.257 e. The molecule has 2 rings (SSSR count). The van der Waals surface area contributed by atoms with Gasteiger partial charge in [-0.15, -0.1) is 0 Å². The van der Waals surface area contributed by atoms with Crippen LogP contribution in [0.5, 0.6) is 5.75 Å². The molecule has 0 saturated heterocycles. The van der Waals surface area contributed by atoms with Crippen molar-refractivity contribution < 1.29 is 9.53 Å². The van der Waals surface area contributed by atoms with E-state index < -0.39 is 0 Å². The number of amides is 1. The molecule has 3 N–H and O–H groups in total. The zero-order chi connectivity index (χ0) is 14.7. The molecular formula is C15H15ClN2O2. The van der Waals surface area contributed by atoms with Gasteiger partial charge in [0.1, 0.15) is 5.75 Å². The Kier molecular flexibility index (Phi) is 4.15. The summed E-state index contributed by atoms with van der Waals surface area (Å²) in [6, 6.07) is 10.3. The number of hydrogen-bond acceptors (Lipinski definition) is 3. The first-order chi connectivity index (χ1) is 9.51. The normalized spacial score (nSPS) is 10.2. The van der Waals surface area contributed by atoms with Gasteiger partial charge in [0.2, 0.25) is 0 Å². The Balaban J connectivity index is 2.28. The third kappa shape index (κ3) is 3.03.